The number of nitrogens with zero attached hydrogens (tertiary/aromatic N) is 1. The Morgan fingerprint density at radius 3 is 2.84 bits per heavy atom. The first kappa shape index (κ1) is 15.1. The van der Waals surface area contributed by atoms with Crippen molar-refractivity contribution in [2.45, 2.75) is 6.92 Å². The molecule has 0 atom stereocenters. The number of nitriles is 1. The lowest BCUT2D eigenvalue weighted by molar-refractivity contribution is -0.113. The third kappa shape index (κ3) is 4.30. The highest BCUT2D eigenvalue weighted by molar-refractivity contribution is 8.00. The standard InChI is InChI=1S/C13H14N2O3S/c1-9-10(13(17)18-2)4-3-5-11(9)15-12(16)8-19-7-6-14/h3-5H,7-8H2,1-2H3,(H,15,16). The van der Waals surface area contributed by atoms with E-state index in [0.717, 1.165) is 0 Å². The van der Waals surface area contributed by atoms with E-state index in [9.17, 15) is 9.59 Å². The number of amides is 1. The van der Waals surface area contributed by atoms with Crippen molar-refractivity contribution < 1.29 is 14.3 Å². The molecule has 0 aliphatic rings. The zero-order valence-electron chi connectivity index (χ0n) is 10.7. The molecule has 1 amide bonds. The van der Waals surface area contributed by atoms with E-state index in [-0.39, 0.29) is 17.4 Å². The lowest BCUT2D eigenvalue weighted by Gasteiger charge is -2.10. The average molecular weight is 278 g/mol. The molecule has 5 nitrogen and oxygen atoms in total. The summed E-state index contributed by atoms with van der Waals surface area (Å²) < 4.78 is 4.66. The summed E-state index contributed by atoms with van der Waals surface area (Å²) in [6, 6.07) is 6.99. The van der Waals surface area contributed by atoms with Gasteiger partial charge in [-0.25, -0.2) is 4.79 Å². The molecule has 0 bridgehead atoms. The summed E-state index contributed by atoms with van der Waals surface area (Å²) in [7, 11) is 1.31. The molecule has 0 heterocycles. The Labute approximate surface area is 115 Å². The van der Waals surface area contributed by atoms with Crippen LogP contribution in [0, 0.1) is 18.3 Å². The maximum atomic E-state index is 11.6. The van der Waals surface area contributed by atoms with Crippen LogP contribution in [-0.2, 0) is 9.53 Å². The topological polar surface area (TPSA) is 79.2 Å². The van der Waals surface area contributed by atoms with Crippen molar-refractivity contribution in [2.75, 3.05) is 23.9 Å². The number of hydrogen-bond donors (Lipinski definition) is 1. The zero-order valence-corrected chi connectivity index (χ0v) is 11.5. The molecule has 0 radical (unpaired) electrons. The maximum absolute atomic E-state index is 11.6. The van der Waals surface area contributed by atoms with Gasteiger partial charge in [0.2, 0.25) is 5.91 Å². The molecule has 1 aromatic rings. The summed E-state index contributed by atoms with van der Waals surface area (Å²) in [5, 5.41) is 11.1. The summed E-state index contributed by atoms with van der Waals surface area (Å²) in [4.78, 5) is 23.1. The van der Waals surface area contributed by atoms with Gasteiger partial charge >= 0.3 is 5.97 Å². The molecule has 0 spiro atoms. The Bertz CT molecular complexity index is 523. The molecule has 19 heavy (non-hydrogen) atoms. The first-order valence-corrected chi connectivity index (χ1v) is 6.68. The van der Waals surface area contributed by atoms with Gasteiger partial charge in [-0.15, -0.1) is 11.8 Å². The predicted molar refractivity (Wildman–Crippen MR) is 74.1 cm³/mol. The number of carbonyl (C=O) groups excluding carboxylic acids is 2. The van der Waals surface area contributed by atoms with Gasteiger partial charge in [0.25, 0.3) is 0 Å². The van der Waals surface area contributed by atoms with Crippen LogP contribution in [0.2, 0.25) is 0 Å². The molecule has 1 rings (SSSR count). The van der Waals surface area contributed by atoms with Crippen molar-refractivity contribution in [3.63, 3.8) is 0 Å². The van der Waals surface area contributed by atoms with E-state index in [1.54, 1.807) is 25.1 Å². The highest BCUT2D eigenvalue weighted by Gasteiger charge is 2.13. The van der Waals surface area contributed by atoms with Crippen LogP contribution in [0.1, 0.15) is 15.9 Å². The predicted octanol–water partition coefficient (Wildman–Crippen LogP) is 1.98. The number of esters is 1. The van der Waals surface area contributed by atoms with Crippen molar-refractivity contribution in [3.8, 4) is 6.07 Å². The van der Waals surface area contributed by atoms with Crippen molar-refractivity contribution in [3.05, 3.63) is 29.3 Å². The van der Waals surface area contributed by atoms with Crippen molar-refractivity contribution in [1.29, 1.82) is 5.26 Å². The Balaban J connectivity index is 2.77. The number of benzene rings is 1. The van der Waals surface area contributed by atoms with Crippen LogP contribution in [0.4, 0.5) is 5.69 Å². The second-order valence-electron chi connectivity index (χ2n) is 3.67. The molecule has 0 saturated carbocycles. The number of nitrogens with one attached hydrogen (secondary N) is 1. The number of hydrogen-bond acceptors (Lipinski definition) is 5. The Morgan fingerprint density at radius 1 is 1.47 bits per heavy atom. The minimum absolute atomic E-state index is 0.203. The van der Waals surface area contributed by atoms with Gasteiger partial charge in [0, 0.05) is 5.69 Å². The number of carbonyl (C=O) groups is 2. The normalized spacial score (nSPS) is 9.53. The van der Waals surface area contributed by atoms with E-state index < -0.39 is 5.97 Å². The fraction of sp³-hybridized carbons (Fsp3) is 0.308. The van der Waals surface area contributed by atoms with Crippen LogP contribution in [-0.4, -0.2) is 30.5 Å². The molecule has 1 N–H and O–H groups in total. The molecule has 0 unspecified atom stereocenters. The van der Waals surface area contributed by atoms with Gasteiger partial charge in [-0.1, -0.05) is 6.07 Å². The molecule has 0 aliphatic carbocycles. The Kier molecular flexibility index (Phi) is 5.90. The monoisotopic (exact) mass is 278 g/mol. The lowest BCUT2D eigenvalue weighted by atomic mass is 10.1. The van der Waals surface area contributed by atoms with Gasteiger partial charge < -0.3 is 10.1 Å². The fourth-order valence-corrected chi connectivity index (χ4v) is 1.93. The number of anilines is 1. The van der Waals surface area contributed by atoms with E-state index in [2.05, 4.69) is 10.1 Å². The second kappa shape index (κ2) is 7.44. The molecular weight excluding hydrogens is 264 g/mol. The first-order chi connectivity index (χ1) is 9.10. The van der Waals surface area contributed by atoms with E-state index in [4.69, 9.17) is 5.26 Å². The van der Waals surface area contributed by atoms with E-state index >= 15 is 0 Å². The quantitative estimate of drug-likeness (QED) is 0.658. The summed E-state index contributed by atoms with van der Waals surface area (Å²) >= 11 is 1.24. The second-order valence-corrected chi connectivity index (χ2v) is 4.65. The third-order valence-electron chi connectivity index (χ3n) is 2.41. The highest BCUT2D eigenvalue weighted by atomic mass is 32.2. The molecule has 0 saturated heterocycles. The van der Waals surface area contributed by atoms with Gasteiger partial charge in [-0.2, -0.15) is 5.26 Å². The Hall–Kier alpha value is -2.00. The van der Waals surface area contributed by atoms with Crippen molar-refractivity contribution in [1.82, 2.24) is 0 Å². The molecular formula is C13H14N2O3S. The highest BCUT2D eigenvalue weighted by Crippen LogP contribution is 2.19. The third-order valence-corrected chi connectivity index (χ3v) is 3.21. The van der Waals surface area contributed by atoms with Crippen LogP contribution in [0.3, 0.4) is 0 Å². The first-order valence-electron chi connectivity index (χ1n) is 5.52. The average Bonchev–Trinajstić information content (AvgIpc) is 2.40. The van der Waals surface area contributed by atoms with Crippen LogP contribution in [0.25, 0.3) is 0 Å². The maximum Gasteiger partial charge on any atom is 0.338 e. The number of rotatable bonds is 5. The van der Waals surface area contributed by atoms with E-state index in [1.165, 1.54) is 18.9 Å². The van der Waals surface area contributed by atoms with Gasteiger partial charge in [0.15, 0.2) is 0 Å². The minimum atomic E-state index is -0.438. The summed E-state index contributed by atoms with van der Waals surface area (Å²) in [5.41, 5.74) is 1.66. The van der Waals surface area contributed by atoms with E-state index in [1.807, 2.05) is 6.07 Å². The number of methoxy groups -OCH3 is 1. The van der Waals surface area contributed by atoms with Crippen LogP contribution < -0.4 is 5.32 Å². The van der Waals surface area contributed by atoms with Gasteiger partial charge in [-0.3, -0.25) is 4.79 Å². The minimum Gasteiger partial charge on any atom is -0.465 e. The molecule has 6 heteroatoms. The fourth-order valence-electron chi connectivity index (χ4n) is 1.48. The van der Waals surface area contributed by atoms with Gasteiger partial charge in [0.1, 0.15) is 0 Å². The van der Waals surface area contributed by atoms with Gasteiger partial charge in [0.05, 0.1) is 30.2 Å². The van der Waals surface area contributed by atoms with Crippen LogP contribution in [0.5, 0.6) is 0 Å². The number of thioether (sulfide) groups is 1. The SMILES string of the molecule is COC(=O)c1cccc(NC(=O)CSCC#N)c1C. The van der Waals surface area contributed by atoms with Crippen molar-refractivity contribution >= 4 is 29.3 Å². The van der Waals surface area contributed by atoms with Crippen LogP contribution >= 0.6 is 11.8 Å². The summed E-state index contributed by atoms with van der Waals surface area (Å²) in [6.45, 7) is 1.74. The smallest absolute Gasteiger partial charge is 0.338 e. The van der Waals surface area contributed by atoms with E-state index in [0.29, 0.717) is 16.8 Å². The molecule has 0 fully saturated rings. The Morgan fingerprint density at radius 2 is 2.21 bits per heavy atom. The lowest BCUT2D eigenvalue weighted by Crippen LogP contribution is -2.16. The summed E-state index contributed by atoms with van der Waals surface area (Å²) in [5.74, 6) is -0.165. The largest absolute Gasteiger partial charge is 0.465 e. The molecule has 1 aromatic carbocycles. The molecule has 0 aromatic heterocycles. The molecule has 0 aliphatic heterocycles. The number of ether oxygens (including phenoxy) is 1. The summed E-state index contributed by atoms with van der Waals surface area (Å²) in [6.07, 6.45) is 0. The molecule has 100 valence electrons. The zero-order chi connectivity index (χ0) is 14.3. The van der Waals surface area contributed by atoms with Gasteiger partial charge in [-0.05, 0) is 24.6 Å². The van der Waals surface area contributed by atoms with Crippen molar-refractivity contribution in [2.24, 2.45) is 0 Å². The van der Waals surface area contributed by atoms with Crippen LogP contribution in [0.15, 0.2) is 18.2 Å².